The first-order valence-electron chi connectivity index (χ1n) is 21.5. The summed E-state index contributed by atoms with van der Waals surface area (Å²) in [6.45, 7) is 15.7. The van der Waals surface area contributed by atoms with Crippen molar-refractivity contribution in [3.8, 4) is 0 Å². The van der Waals surface area contributed by atoms with Gasteiger partial charge in [0, 0.05) is 25.8 Å². The molecule has 51 heavy (non-hydrogen) atoms. The van der Waals surface area contributed by atoms with Gasteiger partial charge in [0.1, 0.15) is 6.10 Å². The van der Waals surface area contributed by atoms with E-state index in [0.717, 1.165) is 121 Å². The van der Waals surface area contributed by atoms with E-state index < -0.39 is 0 Å². The molecule has 0 heterocycles. The highest BCUT2D eigenvalue weighted by Crippen LogP contribution is 2.36. The molecule has 1 rings (SSSR count). The lowest BCUT2D eigenvalue weighted by Gasteiger charge is -2.36. The van der Waals surface area contributed by atoms with Crippen LogP contribution >= 0.6 is 0 Å². The zero-order valence-corrected chi connectivity index (χ0v) is 34.8. The van der Waals surface area contributed by atoms with Gasteiger partial charge in [-0.3, -0.25) is 14.4 Å². The van der Waals surface area contributed by atoms with E-state index in [1.54, 1.807) is 0 Å². The van der Waals surface area contributed by atoms with Gasteiger partial charge in [-0.15, -0.1) is 0 Å². The van der Waals surface area contributed by atoms with Gasteiger partial charge in [-0.2, -0.15) is 0 Å². The van der Waals surface area contributed by atoms with Crippen molar-refractivity contribution in [3.05, 3.63) is 0 Å². The molecule has 2 unspecified atom stereocenters. The number of nitrogens with zero attached hydrogens (tertiary/aromatic N) is 1. The minimum atomic E-state index is -0.0602. The summed E-state index contributed by atoms with van der Waals surface area (Å²) in [5.74, 6) is 3.71. The molecule has 1 saturated carbocycles. The largest absolute Gasteiger partial charge is 0.466 e. The normalized spacial score (nSPS) is 17.7. The molecule has 0 N–H and O–H groups in total. The van der Waals surface area contributed by atoms with Crippen LogP contribution in [0.1, 0.15) is 189 Å². The first-order valence-corrected chi connectivity index (χ1v) is 21.5. The Bertz CT molecular complexity index is 833. The zero-order valence-electron chi connectivity index (χ0n) is 34.8. The lowest BCUT2D eigenvalue weighted by Crippen LogP contribution is -2.34. The van der Waals surface area contributed by atoms with Crippen molar-refractivity contribution in [2.75, 3.05) is 33.9 Å². The van der Waals surface area contributed by atoms with Gasteiger partial charge < -0.3 is 19.1 Å². The van der Waals surface area contributed by atoms with Crippen molar-refractivity contribution < 1.29 is 28.6 Å². The van der Waals surface area contributed by atoms with Crippen LogP contribution in [0.2, 0.25) is 0 Å². The average Bonchev–Trinajstić information content (AvgIpc) is 3.04. The maximum Gasteiger partial charge on any atom is 0.306 e. The van der Waals surface area contributed by atoms with Crippen LogP contribution in [0.3, 0.4) is 0 Å². The predicted molar refractivity (Wildman–Crippen MR) is 212 cm³/mol. The van der Waals surface area contributed by atoms with Crippen LogP contribution in [0, 0.1) is 35.5 Å². The number of ether oxygens (including phenoxy) is 3. The molecule has 0 amide bonds. The first-order chi connectivity index (χ1) is 24.3. The quantitative estimate of drug-likeness (QED) is 0.0379. The minimum Gasteiger partial charge on any atom is -0.466 e. The number of rotatable bonds is 33. The molecule has 1 fully saturated rings. The van der Waals surface area contributed by atoms with Crippen LogP contribution in [0.4, 0.5) is 0 Å². The number of carbonyl (C=O) groups is 3. The molecule has 0 aliphatic heterocycles. The van der Waals surface area contributed by atoms with Gasteiger partial charge in [0.25, 0.3) is 0 Å². The topological polar surface area (TPSA) is 82.1 Å². The minimum absolute atomic E-state index is 0.00837. The van der Waals surface area contributed by atoms with Gasteiger partial charge in [-0.25, -0.2) is 0 Å². The van der Waals surface area contributed by atoms with Crippen LogP contribution in [-0.4, -0.2) is 62.8 Å². The number of hydrogen-bond acceptors (Lipinski definition) is 7. The molecule has 7 nitrogen and oxygen atoms in total. The van der Waals surface area contributed by atoms with Crippen LogP contribution in [0.15, 0.2) is 0 Å². The monoisotopic (exact) mass is 722 g/mol. The van der Waals surface area contributed by atoms with Gasteiger partial charge in [-0.05, 0) is 114 Å². The molecule has 1 aliphatic carbocycles. The van der Waals surface area contributed by atoms with Crippen LogP contribution in [0.5, 0.6) is 0 Å². The van der Waals surface area contributed by atoms with Gasteiger partial charge in [0.2, 0.25) is 0 Å². The van der Waals surface area contributed by atoms with Crippen LogP contribution in [0.25, 0.3) is 0 Å². The molecule has 300 valence electrons. The summed E-state index contributed by atoms with van der Waals surface area (Å²) in [6, 6.07) is 0. The van der Waals surface area contributed by atoms with E-state index in [-0.39, 0.29) is 24.0 Å². The smallest absolute Gasteiger partial charge is 0.306 e. The summed E-state index contributed by atoms with van der Waals surface area (Å²) >= 11 is 0. The van der Waals surface area contributed by atoms with Crippen molar-refractivity contribution in [2.24, 2.45) is 35.5 Å². The predicted octanol–water partition coefficient (Wildman–Crippen LogP) is 11.3. The summed E-state index contributed by atoms with van der Waals surface area (Å²) in [6.07, 6.45) is 22.7. The lowest BCUT2D eigenvalue weighted by molar-refractivity contribution is -0.152. The van der Waals surface area contributed by atoms with Gasteiger partial charge in [0.15, 0.2) is 0 Å². The summed E-state index contributed by atoms with van der Waals surface area (Å²) < 4.78 is 17.0. The van der Waals surface area contributed by atoms with Crippen LogP contribution < -0.4 is 0 Å². The highest BCUT2D eigenvalue weighted by molar-refractivity contribution is 5.70. The maximum atomic E-state index is 12.9. The van der Waals surface area contributed by atoms with E-state index in [1.807, 2.05) is 0 Å². The Kier molecular flexibility index (Phi) is 27.7. The Morgan fingerprint density at radius 2 is 0.961 bits per heavy atom. The Labute approximate surface area is 315 Å². The van der Waals surface area contributed by atoms with Crippen molar-refractivity contribution >= 4 is 17.9 Å². The second kappa shape index (κ2) is 29.8. The standard InChI is InChI=1S/C44H83NO6/c1-35(2)23-25-37(5)27-29-49-42(46)21-17-13-9-11-15-19-41(51-44(48)33-39-31-40(32-39)34-45(7)8)20-16-12-10-14-18-22-43(47)50-30-28-38(6)26-24-36(3)4/h35-41H,9-34H2,1-8H3. The van der Waals surface area contributed by atoms with E-state index in [4.69, 9.17) is 14.2 Å². The third kappa shape index (κ3) is 28.5. The molecule has 1 aliphatic rings. The fraction of sp³-hybridized carbons (Fsp3) is 0.932. The van der Waals surface area contributed by atoms with E-state index >= 15 is 0 Å². The number of hydrogen-bond donors (Lipinski definition) is 0. The molecular weight excluding hydrogens is 638 g/mol. The Morgan fingerprint density at radius 1 is 0.529 bits per heavy atom. The van der Waals surface area contributed by atoms with E-state index in [9.17, 15) is 14.4 Å². The third-order valence-electron chi connectivity index (χ3n) is 10.7. The van der Waals surface area contributed by atoms with Crippen molar-refractivity contribution in [1.82, 2.24) is 4.90 Å². The summed E-state index contributed by atoms with van der Waals surface area (Å²) in [4.78, 5) is 39.4. The Balaban J connectivity index is 2.26. The molecule has 2 atom stereocenters. The SMILES string of the molecule is CC(C)CCC(C)CCOC(=O)CCCCCCCC(CCCCCCCC(=O)OCCC(C)CCC(C)C)OC(=O)CC1CC(CN(C)C)C1. The van der Waals surface area contributed by atoms with E-state index in [0.29, 0.717) is 56.1 Å². The molecule has 0 saturated heterocycles. The summed E-state index contributed by atoms with van der Waals surface area (Å²) in [5.41, 5.74) is 0. The Hall–Kier alpha value is -1.63. The molecule has 7 heteroatoms. The molecule has 0 aromatic carbocycles. The van der Waals surface area contributed by atoms with Crippen molar-refractivity contribution in [3.63, 3.8) is 0 Å². The molecular formula is C44H83NO6. The number of carbonyl (C=O) groups excluding carboxylic acids is 3. The van der Waals surface area contributed by atoms with Crippen molar-refractivity contribution in [2.45, 2.75) is 195 Å². The van der Waals surface area contributed by atoms with Crippen LogP contribution in [-0.2, 0) is 28.6 Å². The second-order valence-electron chi connectivity index (χ2n) is 17.6. The molecule has 0 aromatic heterocycles. The fourth-order valence-electron chi connectivity index (χ4n) is 7.20. The first kappa shape index (κ1) is 47.4. The molecule has 0 aromatic rings. The average molecular weight is 722 g/mol. The Morgan fingerprint density at radius 3 is 1.39 bits per heavy atom. The van der Waals surface area contributed by atoms with Crippen molar-refractivity contribution in [1.29, 1.82) is 0 Å². The number of unbranched alkanes of at least 4 members (excludes halogenated alkanes) is 8. The lowest BCUT2D eigenvalue weighted by atomic mass is 9.73. The number of esters is 3. The van der Waals surface area contributed by atoms with Gasteiger partial charge >= 0.3 is 17.9 Å². The highest BCUT2D eigenvalue weighted by Gasteiger charge is 2.31. The summed E-state index contributed by atoms with van der Waals surface area (Å²) in [5, 5.41) is 0. The second-order valence-corrected chi connectivity index (χ2v) is 17.6. The van der Waals surface area contributed by atoms with Gasteiger partial charge in [0.05, 0.1) is 13.2 Å². The van der Waals surface area contributed by atoms with E-state index in [1.165, 1.54) is 25.7 Å². The highest BCUT2D eigenvalue weighted by atomic mass is 16.5. The molecule has 0 spiro atoms. The van der Waals surface area contributed by atoms with E-state index in [2.05, 4.69) is 60.5 Å². The summed E-state index contributed by atoms with van der Waals surface area (Å²) in [7, 11) is 4.23. The maximum absolute atomic E-state index is 12.9. The molecule has 0 bridgehead atoms. The van der Waals surface area contributed by atoms with Gasteiger partial charge in [-0.1, -0.05) is 106 Å². The molecule has 0 radical (unpaired) electrons. The fourth-order valence-corrected chi connectivity index (χ4v) is 7.20. The zero-order chi connectivity index (χ0) is 37.9. The third-order valence-corrected chi connectivity index (χ3v) is 10.7.